The summed E-state index contributed by atoms with van der Waals surface area (Å²) in [6, 6.07) is 3.08. The molecule has 18 heavy (non-hydrogen) atoms. The molecule has 1 aromatic rings. The second-order valence-corrected chi connectivity index (χ2v) is 6.72. The summed E-state index contributed by atoms with van der Waals surface area (Å²) in [6.07, 6.45) is 1.47. The van der Waals surface area contributed by atoms with Gasteiger partial charge in [-0.25, -0.2) is 12.8 Å². The highest BCUT2D eigenvalue weighted by Crippen LogP contribution is 2.30. The molecule has 1 heterocycles. The molecule has 1 saturated heterocycles. The summed E-state index contributed by atoms with van der Waals surface area (Å²) >= 11 is 11.6. The van der Waals surface area contributed by atoms with Crippen LogP contribution >= 0.6 is 23.2 Å². The van der Waals surface area contributed by atoms with Gasteiger partial charge in [0.15, 0.2) is 0 Å². The van der Waals surface area contributed by atoms with Crippen LogP contribution in [-0.2, 0) is 10.0 Å². The molecule has 0 aliphatic carbocycles. The first-order chi connectivity index (χ1) is 8.46. The Hall–Kier alpha value is -0.360. The standard InChI is InChI=1S/C11H12Cl2FNO2S/c12-7-9-2-1-5-15(9)18(16,17)11-6-8(14)3-4-10(11)13/h3-4,6,9H,1-2,5,7H2. The van der Waals surface area contributed by atoms with E-state index in [9.17, 15) is 12.8 Å². The minimum absolute atomic E-state index is 0.0247. The molecule has 1 aliphatic rings. The lowest BCUT2D eigenvalue weighted by Crippen LogP contribution is -2.36. The molecule has 0 saturated carbocycles. The van der Waals surface area contributed by atoms with E-state index in [0.717, 1.165) is 25.0 Å². The first kappa shape index (κ1) is 14.1. The van der Waals surface area contributed by atoms with Crippen molar-refractivity contribution in [3.05, 3.63) is 29.0 Å². The van der Waals surface area contributed by atoms with E-state index in [-0.39, 0.29) is 21.8 Å². The highest BCUT2D eigenvalue weighted by Gasteiger charge is 2.35. The summed E-state index contributed by atoms with van der Waals surface area (Å²) in [7, 11) is -3.78. The highest BCUT2D eigenvalue weighted by molar-refractivity contribution is 7.89. The SMILES string of the molecule is O=S(=O)(c1cc(F)ccc1Cl)N1CCCC1CCl. The van der Waals surface area contributed by atoms with Crippen molar-refractivity contribution in [3.8, 4) is 0 Å². The summed E-state index contributed by atoms with van der Waals surface area (Å²) < 4.78 is 39.3. The van der Waals surface area contributed by atoms with Crippen LogP contribution in [0.25, 0.3) is 0 Å². The first-order valence-electron chi connectivity index (χ1n) is 5.49. The summed E-state index contributed by atoms with van der Waals surface area (Å²) in [6.45, 7) is 0.395. The zero-order valence-electron chi connectivity index (χ0n) is 9.44. The molecule has 2 rings (SSSR count). The Balaban J connectivity index is 2.45. The maximum absolute atomic E-state index is 13.2. The molecule has 0 spiro atoms. The summed E-state index contributed by atoms with van der Waals surface area (Å²) in [4.78, 5) is -0.193. The molecule has 1 fully saturated rings. The van der Waals surface area contributed by atoms with Gasteiger partial charge in [-0.3, -0.25) is 0 Å². The maximum Gasteiger partial charge on any atom is 0.244 e. The number of sulfonamides is 1. The van der Waals surface area contributed by atoms with Crippen molar-refractivity contribution in [2.24, 2.45) is 0 Å². The Kier molecular flexibility index (Phi) is 4.16. The second-order valence-electron chi connectivity index (χ2n) is 4.14. The Morgan fingerprint density at radius 2 is 2.17 bits per heavy atom. The number of hydrogen-bond acceptors (Lipinski definition) is 2. The maximum atomic E-state index is 13.2. The average Bonchev–Trinajstić information content (AvgIpc) is 2.81. The average molecular weight is 312 g/mol. The molecule has 0 amide bonds. The van der Waals surface area contributed by atoms with E-state index in [1.807, 2.05) is 0 Å². The van der Waals surface area contributed by atoms with Crippen molar-refractivity contribution in [1.82, 2.24) is 4.31 Å². The minimum atomic E-state index is -3.78. The van der Waals surface area contributed by atoms with Crippen LogP contribution in [-0.4, -0.2) is 31.2 Å². The molecule has 3 nitrogen and oxygen atoms in total. The van der Waals surface area contributed by atoms with Gasteiger partial charge in [-0.15, -0.1) is 11.6 Å². The second kappa shape index (κ2) is 5.33. The molecule has 1 aromatic carbocycles. The van der Waals surface area contributed by atoms with E-state index in [2.05, 4.69) is 0 Å². The van der Waals surface area contributed by atoms with E-state index in [1.54, 1.807) is 0 Å². The smallest absolute Gasteiger partial charge is 0.207 e. The molecule has 1 unspecified atom stereocenters. The van der Waals surface area contributed by atoms with Gasteiger partial charge in [0.25, 0.3) is 0 Å². The van der Waals surface area contributed by atoms with Crippen LogP contribution in [0.5, 0.6) is 0 Å². The lowest BCUT2D eigenvalue weighted by atomic mass is 10.3. The zero-order valence-corrected chi connectivity index (χ0v) is 11.8. The number of nitrogens with zero attached hydrogens (tertiary/aromatic N) is 1. The number of benzene rings is 1. The van der Waals surface area contributed by atoms with Gasteiger partial charge < -0.3 is 0 Å². The fraction of sp³-hybridized carbons (Fsp3) is 0.455. The third-order valence-electron chi connectivity index (χ3n) is 2.98. The zero-order chi connectivity index (χ0) is 13.3. The molecule has 0 aromatic heterocycles. The number of halogens is 3. The molecule has 1 aliphatic heterocycles. The van der Waals surface area contributed by atoms with Crippen LogP contribution < -0.4 is 0 Å². The molecule has 0 bridgehead atoms. The van der Waals surface area contributed by atoms with Gasteiger partial charge in [0.1, 0.15) is 10.7 Å². The monoisotopic (exact) mass is 311 g/mol. The number of rotatable bonds is 3. The van der Waals surface area contributed by atoms with Crippen molar-refractivity contribution in [1.29, 1.82) is 0 Å². The largest absolute Gasteiger partial charge is 0.244 e. The predicted octanol–water partition coefficient (Wildman–Crippen LogP) is 2.87. The van der Waals surface area contributed by atoms with E-state index in [1.165, 1.54) is 10.4 Å². The number of alkyl halides is 1. The first-order valence-corrected chi connectivity index (χ1v) is 7.85. The van der Waals surface area contributed by atoms with Gasteiger partial charge in [0.05, 0.1) is 5.02 Å². The van der Waals surface area contributed by atoms with E-state index in [4.69, 9.17) is 23.2 Å². The molecule has 100 valence electrons. The normalized spacial score (nSPS) is 21.4. The predicted molar refractivity (Wildman–Crippen MR) is 69.0 cm³/mol. The molecule has 0 radical (unpaired) electrons. The van der Waals surface area contributed by atoms with E-state index >= 15 is 0 Å². The van der Waals surface area contributed by atoms with Gasteiger partial charge in [-0.05, 0) is 31.0 Å². The Morgan fingerprint density at radius 1 is 1.44 bits per heavy atom. The van der Waals surface area contributed by atoms with Crippen LogP contribution in [0.3, 0.4) is 0 Å². The Bertz CT molecular complexity index is 550. The van der Waals surface area contributed by atoms with Crippen LogP contribution in [0.2, 0.25) is 5.02 Å². The summed E-state index contributed by atoms with van der Waals surface area (Å²) in [5, 5.41) is 0.0247. The third-order valence-corrected chi connectivity index (χ3v) is 5.77. The Labute approximate surface area is 116 Å². The highest BCUT2D eigenvalue weighted by atomic mass is 35.5. The van der Waals surface area contributed by atoms with Gasteiger partial charge in [0.2, 0.25) is 10.0 Å². The molecule has 1 atom stereocenters. The van der Waals surface area contributed by atoms with Gasteiger partial charge in [0, 0.05) is 18.5 Å². The van der Waals surface area contributed by atoms with E-state index in [0.29, 0.717) is 6.54 Å². The van der Waals surface area contributed by atoms with Crippen LogP contribution in [0, 0.1) is 5.82 Å². The van der Waals surface area contributed by atoms with Crippen molar-refractivity contribution in [3.63, 3.8) is 0 Å². The van der Waals surface area contributed by atoms with Gasteiger partial charge >= 0.3 is 0 Å². The summed E-state index contributed by atoms with van der Waals surface area (Å²) in [5.74, 6) is -0.397. The molecular weight excluding hydrogens is 300 g/mol. The quantitative estimate of drug-likeness (QED) is 0.805. The topological polar surface area (TPSA) is 37.4 Å². The number of hydrogen-bond donors (Lipinski definition) is 0. The minimum Gasteiger partial charge on any atom is -0.207 e. The van der Waals surface area contributed by atoms with Crippen molar-refractivity contribution in [2.75, 3.05) is 12.4 Å². The van der Waals surface area contributed by atoms with Crippen LogP contribution in [0.15, 0.2) is 23.1 Å². The molecule has 7 heteroatoms. The lowest BCUT2D eigenvalue weighted by Gasteiger charge is -2.22. The van der Waals surface area contributed by atoms with Crippen molar-refractivity contribution in [2.45, 2.75) is 23.8 Å². The Morgan fingerprint density at radius 3 is 2.83 bits per heavy atom. The van der Waals surface area contributed by atoms with Crippen molar-refractivity contribution >= 4 is 33.2 Å². The van der Waals surface area contributed by atoms with Gasteiger partial charge in [-0.2, -0.15) is 4.31 Å². The molecular formula is C11H12Cl2FNO2S. The van der Waals surface area contributed by atoms with Crippen LogP contribution in [0.4, 0.5) is 4.39 Å². The van der Waals surface area contributed by atoms with E-state index < -0.39 is 15.8 Å². The fourth-order valence-corrected chi connectivity index (χ4v) is 4.66. The van der Waals surface area contributed by atoms with Crippen LogP contribution in [0.1, 0.15) is 12.8 Å². The lowest BCUT2D eigenvalue weighted by molar-refractivity contribution is 0.410. The van der Waals surface area contributed by atoms with Crippen molar-refractivity contribution < 1.29 is 12.8 Å². The fourth-order valence-electron chi connectivity index (χ4n) is 2.08. The third kappa shape index (κ3) is 2.50. The summed E-state index contributed by atoms with van der Waals surface area (Å²) in [5.41, 5.74) is 0. The molecule has 0 N–H and O–H groups in total. The van der Waals surface area contributed by atoms with Gasteiger partial charge in [-0.1, -0.05) is 11.6 Å².